The summed E-state index contributed by atoms with van der Waals surface area (Å²) in [4.78, 5) is 0. The first-order valence-corrected chi connectivity index (χ1v) is 10.3. The van der Waals surface area contributed by atoms with Crippen LogP contribution in [-0.2, 0) is 0 Å². The fourth-order valence-electron chi connectivity index (χ4n) is 3.71. The van der Waals surface area contributed by atoms with E-state index in [4.69, 9.17) is 18.9 Å². The summed E-state index contributed by atoms with van der Waals surface area (Å²) in [7, 11) is 6.64. The highest BCUT2D eigenvalue weighted by molar-refractivity contribution is 5.82. The summed E-state index contributed by atoms with van der Waals surface area (Å²) in [5.41, 5.74) is 6.38. The van der Waals surface area contributed by atoms with Gasteiger partial charge in [0.15, 0.2) is 0 Å². The van der Waals surface area contributed by atoms with E-state index in [-0.39, 0.29) is 0 Å². The third kappa shape index (κ3) is 4.54. The topological polar surface area (TPSA) is 36.9 Å². The van der Waals surface area contributed by atoms with Gasteiger partial charge in [-0.15, -0.1) is 0 Å². The van der Waals surface area contributed by atoms with Crippen molar-refractivity contribution in [3.8, 4) is 56.4 Å². The Bertz CT molecular complexity index is 1100. The number of hydrogen-bond donors (Lipinski definition) is 0. The van der Waals surface area contributed by atoms with Crippen LogP contribution in [0.15, 0.2) is 84.9 Å². The first kappa shape index (κ1) is 21.3. The average Bonchev–Trinajstić information content (AvgIpc) is 2.88. The lowest BCUT2D eigenvalue weighted by Gasteiger charge is -2.14. The molecule has 0 atom stereocenters. The van der Waals surface area contributed by atoms with Gasteiger partial charge in [0.25, 0.3) is 0 Å². The minimum atomic E-state index is 0.745. The van der Waals surface area contributed by atoms with Crippen LogP contribution in [0, 0.1) is 0 Å². The summed E-state index contributed by atoms with van der Waals surface area (Å²) in [5.74, 6) is 2.98. The molecule has 0 bridgehead atoms. The molecular formula is C28H26O4. The molecule has 0 heterocycles. The van der Waals surface area contributed by atoms with Crippen molar-refractivity contribution < 1.29 is 18.9 Å². The van der Waals surface area contributed by atoms with Gasteiger partial charge in [0.05, 0.1) is 28.4 Å². The molecule has 0 aromatic heterocycles. The standard InChI is InChI=1S/C28H26O4/c1-29-25-13-23(14-26(17-25)30-2)21-10-20(19-8-6-5-7-9-19)11-22(12-21)24-15-27(31-3)18-28(16-24)32-4/h5-18H,1-4H3. The maximum Gasteiger partial charge on any atom is 0.123 e. The minimum absolute atomic E-state index is 0.745. The van der Waals surface area contributed by atoms with Gasteiger partial charge >= 0.3 is 0 Å². The quantitative estimate of drug-likeness (QED) is 0.329. The van der Waals surface area contributed by atoms with Crippen LogP contribution in [0.5, 0.6) is 23.0 Å². The lowest BCUT2D eigenvalue weighted by Crippen LogP contribution is -1.92. The highest BCUT2D eigenvalue weighted by Gasteiger charge is 2.11. The third-order valence-corrected chi connectivity index (χ3v) is 5.41. The summed E-state index contributed by atoms with van der Waals surface area (Å²) in [5, 5.41) is 0. The Balaban J connectivity index is 1.94. The largest absolute Gasteiger partial charge is 0.497 e. The molecule has 4 rings (SSSR count). The fourth-order valence-corrected chi connectivity index (χ4v) is 3.71. The molecule has 0 aliphatic rings. The van der Waals surface area contributed by atoms with Gasteiger partial charge in [-0.2, -0.15) is 0 Å². The Kier molecular flexibility index (Phi) is 6.31. The van der Waals surface area contributed by atoms with Gasteiger partial charge < -0.3 is 18.9 Å². The molecule has 0 aliphatic carbocycles. The van der Waals surface area contributed by atoms with Crippen molar-refractivity contribution in [1.82, 2.24) is 0 Å². The number of methoxy groups -OCH3 is 4. The number of hydrogen-bond acceptors (Lipinski definition) is 4. The first-order chi connectivity index (χ1) is 15.6. The molecule has 0 amide bonds. The molecule has 162 valence electrons. The summed E-state index contributed by atoms with van der Waals surface area (Å²) in [6.45, 7) is 0. The number of ether oxygens (including phenoxy) is 4. The van der Waals surface area contributed by atoms with E-state index in [1.54, 1.807) is 28.4 Å². The maximum atomic E-state index is 5.50. The highest BCUT2D eigenvalue weighted by atomic mass is 16.5. The summed E-state index contributed by atoms with van der Waals surface area (Å²) in [6.07, 6.45) is 0. The van der Waals surface area contributed by atoms with Gasteiger partial charge in [-0.05, 0) is 75.8 Å². The second kappa shape index (κ2) is 9.48. The van der Waals surface area contributed by atoms with Gasteiger partial charge in [-0.1, -0.05) is 30.3 Å². The zero-order chi connectivity index (χ0) is 22.5. The number of rotatable bonds is 7. The van der Waals surface area contributed by atoms with Crippen LogP contribution in [0.1, 0.15) is 0 Å². The summed E-state index contributed by atoms with van der Waals surface area (Å²) < 4.78 is 22.0. The molecule has 0 aliphatic heterocycles. The Morgan fingerprint density at radius 3 is 1.00 bits per heavy atom. The predicted octanol–water partition coefficient (Wildman–Crippen LogP) is 6.72. The van der Waals surface area contributed by atoms with Gasteiger partial charge in [0.1, 0.15) is 23.0 Å². The van der Waals surface area contributed by atoms with Gasteiger partial charge in [0.2, 0.25) is 0 Å². The summed E-state index contributed by atoms with van der Waals surface area (Å²) in [6, 6.07) is 28.7. The Morgan fingerprint density at radius 1 is 0.344 bits per heavy atom. The number of benzene rings is 4. The second-order valence-corrected chi connectivity index (χ2v) is 7.37. The van der Waals surface area contributed by atoms with Crippen molar-refractivity contribution in [3.05, 3.63) is 84.9 Å². The minimum Gasteiger partial charge on any atom is -0.497 e. The third-order valence-electron chi connectivity index (χ3n) is 5.41. The van der Waals surface area contributed by atoms with E-state index in [0.717, 1.165) is 56.4 Å². The molecule has 0 N–H and O–H groups in total. The normalized spacial score (nSPS) is 10.5. The van der Waals surface area contributed by atoms with Gasteiger partial charge in [-0.25, -0.2) is 0 Å². The lowest BCUT2D eigenvalue weighted by atomic mass is 9.93. The highest BCUT2D eigenvalue weighted by Crippen LogP contribution is 2.37. The van der Waals surface area contributed by atoms with Crippen molar-refractivity contribution in [1.29, 1.82) is 0 Å². The predicted molar refractivity (Wildman–Crippen MR) is 129 cm³/mol. The molecule has 32 heavy (non-hydrogen) atoms. The smallest absolute Gasteiger partial charge is 0.123 e. The van der Waals surface area contributed by atoms with Crippen LogP contribution in [0.25, 0.3) is 33.4 Å². The molecule has 0 saturated heterocycles. The van der Waals surface area contributed by atoms with Crippen molar-refractivity contribution >= 4 is 0 Å². The van der Waals surface area contributed by atoms with Crippen molar-refractivity contribution in [2.45, 2.75) is 0 Å². The van der Waals surface area contributed by atoms with Gasteiger partial charge in [0, 0.05) is 12.1 Å². The van der Waals surface area contributed by atoms with Crippen LogP contribution in [-0.4, -0.2) is 28.4 Å². The van der Waals surface area contributed by atoms with Crippen LogP contribution < -0.4 is 18.9 Å². The molecule has 0 saturated carbocycles. The molecular weight excluding hydrogens is 400 g/mol. The van der Waals surface area contributed by atoms with Crippen LogP contribution in [0.3, 0.4) is 0 Å². The van der Waals surface area contributed by atoms with Crippen molar-refractivity contribution in [2.75, 3.05) is 28.4 Å². The monoisotopic (exact) mass is 426 g/mol. The summed E-state index contributed by atoms with van der Waals surface area (Å²) >= 11 is 0. The van der Waals surface area contributed by atoms with Crippen LogP contribution >= 0.6 is 0 Å². The van der Waals surface area contributed by atoms with E-state index in [0.29, 0.717) is 0 Å². The molecule has 4 nitrogen and oxygen atoms in total. The fraction of sp³-hybridized carbons (Fsp3) is 0.143. The van der Waals surface area contributed by atoms with E-state index in [9.17, 15) is 0 Å². The molecule has 4 aromatic rings. The second-order valence-electron chi connectivity index (χ2n) is 7.37. The van der Waals surface area contributed by atoms with E-state index >= 15 is 0 Å². The molecule has 0 spiro atoms. The molecule has 4 aromatic carbocycles. The molecule has 0 unspecified atom stereocenters. The Hall–Kier alpha value is -3.92. The maximum absolute atomic E-state index is 5.50. The van der Waals surface area contributed by atoms with E-state index < -0.39 is 0 Å². The average molecular weight is 427 g/mol. The van der Waals surface area contributed by atoms with E-state index in [1.165, 1.54) is 0 Å². The molecule has 0 radical (unpaired) electrons. The zero-order valence-corrected chi connectivity index (χ0v) is 18.7. The van der Waals surface area contributed by atoms with E-state index in [1.807, 2.05) is 54.6 Å². The van der Waals surface area contributed by atoms with Gasteiger partial charge in [-0.3, -0.25) is 0 Å². The first-order valence-electron chi connectivity index (χ1n) is 10.3. The van der Waals surface area contributed by atoms with Crippen LogP contribution in [0.4, 0.5) is 0 Å². The zero-order valence-electron chi connectivity index (χ0n) is 18.7. The Labute approximate surface area is 189 Å². The van der Waals surface area contributed by atoms with E-state index in [2.05, 4.69) is 30.3 Å². The molecule has 0 fully saturated rings. The molecule has 4 heteroatoms. The Morgan fingerprint density at radius 2 is 0.656 bits per heavy atom. The van der Waals surface area contributed by atoms with Crippen molar-refractivity contribution in [2.24, 2.45) is 0 Å². The van der Waals surface area contributed by atoms with Crippen molar-refractivity contribution in [3.63, 3.8) is 0 Å². The SMILES string of the molecule is COc1cc(OC)cc(-c2cc(-c3ccccc3)cc(-c3cc(OC)cc(OC)c3)c2)c1. The lowest BCUT2D eigenvalue weighted by molar-refractivity contribution is 0.394. The van der Waals surface area contributed by atoms with Crippen LogP contribution in [0.2, 0.25) is 0 Å².